The van der Waals surface area contributed by atoms with Crippen molar-refractivity contribution in [3.63, 3.8) is 0 Å². The highest BCUT2D eigenvalue weighted by molar-refractivity contribution is 8.16. The standard InChI is InChI=1S/CCl3FOS/c2-1(3,5)7(4)6. The summed E-state index contributed by atoms with van der Waals surface area (Å²) in [7, 11) is 2.24. The van der Waals surface area contributed by atoms with Crippen LogP contribution in [0.1, 0.15) is 0 Å². The van der Waals surface area contributed by atoms with Crippen molar-refractivity contribution in [1.29, 1.82) is 0 Å². The molecule has 0 aliphatic rings. The van der Waals surface area contributed by atoms with Crippen molar-refractivity contribution in [1.82, 2.24) is 0 Å². The Morgan fingerprint density at radius 2 is 1.71 bits per heavy atom. The number of rotatable bonds is 1. The second-order valence-corrected chi connectivity index (χ2v) is 4.20. The molecule has 0 radical (unpaired) electrons. The number of hydrogen-bond acceptors (Lipinski definition) is 1. The normalized spacial score (nSPS) is 16.7. The highest BCUT2D eigenvalue weighted by Gasteiger charge is 2.37. The van der Waals surface area contributed by atoms with Gasteiger partial charge in [-0.2, -0.15) is 4.39 Å². The largest absolute Gasteiger partial charge is 0.594 e. The van der Waals surface area contributed by atoms with Crippen LogP contribution < -0.4 is 0 Å². The average Bonchev–Trinajstić information content (AvgIpc) is 1.31. The van der Waals surface area contributed by atoms with E-state index in [9.17, 15) is 8.94 Å². The highest BCUT2D eigenvalue weighted by atomic mass is 35.7. The lowest BCUT2D eigenvalue weighted by Crippen LogP contribution is -2.13. The summed E-state index contributed by atoms with van der Waals surface area (Å²) < 4.78 is 18.5. The first-order chi connectivity index (χ1) is 2.94. The van der Waals surface area contributed by atoms with Crippen LogP contribution in [0.25, 0.3) is 0 Å². The lowest BCUT2D eigenvalue weighted by molar-refractivity contribution is 0.477. The Balaban J connectivity index is 3.54. The molecule has 0 aromatic rings. The predicted octanol–water partition coefficient (Wildman–Crippen LogP) is 1.95. The molecule has 6 heteroatoms. The maximum absolute atomic E-state index is 11.6. The third-order valence-electron chi connectivity index (χ3n) is 0.182. The fourth-order valence-corrected chi connectivity index (χ4v) is 0. The van der Waals surface area contributed by atoms with Crippen LogP contribution in [0, 0.1) is 0 Å². The molecule has 7 heavy (non-hydrogen) atoms. The van der Waals surface area contributed by atoms with E-state index in [0.717, 1.165) is 0 Å². The Morgan fingerprint density at radius 3 is 1.71 bits per heavy atom. The van der Waals surface area contributed by atoms with E-state index in [-0.39, 0.29) is 0 Å². The summed E-state index contributed by atoms with van der Waals surface area (Å²) in [6, 6.07) is 0. The molecule has 44 valence electrons. The summed E-state index contributed by atoms with van der Waals surface area (Å²) in [5.74, 6) is 0. The zero-order valence-electron chi connectivity index (χ0n) is 2.83. The number of hydrogen-bond donors (Lipinski definition) is 0. The lowest BCUT2D eigenvalue weighted by atomic mass is 11.7. The van der Waals surface area contributed by atoms with Gasteiger partial charge in [0.2, 0.25) is 0 Å². The van der Waals surface area contributed by atoms with Crippen molar-refractivity contribution < 1.29 is 8.94 Å². The van der Waals surface area contributed by atoms with E-state index in [1.807, 2.05) is 0 Å². The third kappa shape index (κ3) is 3.67. The van der Waals surface area contributed by atoms with Gasteiger partial charge in [-0.05, 0) is 23.2 Å². The molecular formula is CCl3FOS. The van der Waals surface area contributed by atoms with E-state index in [1.165, 1.54) is 0 Å². The summed E-state index contributed by atoms with van der Waals surface area (Å²) >= 11 is 9.07. The minimum absolute atomic E-state index is 2.35. The van der Waals surface area contributed by atoms with E-state index < -0.39 is 14.3 Å². The monoisotopic (exact) mass is 184 g/mol. The maximum Gasteiger partial charge on any atom is 0.436 e. The molecule has 0 heterocycles. The summed E-state index contributed by atoms with van der Waals surface area (Å²) in [5.41, 5.74) is 0. The van der Waals surface area contributed by atoms with Crippen LogP contribution in [0.5, 0.6) is 0 Å². The van der Waals surface area contributed by atoms with Crippen LogP contribution in [-0.2, 0) is 10.4 Å². The first kappa shape index (κ1) is 8.11. The molecule has 0 fully saturated rings. The molecule has 1 atom stereocenters. The molecule has 0 aromatic carbocycles. The lowest BCUT2D eigenvalue weighted by Gasteiger charge is -2.04. The Labute approximate surface area is 57.4 Å². The minimum Gasteiger partial charge on any atom is -0.594 e. The van der Waals surface area contributed by atoms with Crippen LogP contribution in [0.4, 0.5) is 4.39 Å². The van der Waals surface area contributed by atoms with Crippen LogP contribution >= 0.6 is 33.9 Å². The van der Waals surface area contributed by atoms with Gasteiger partial charge in [-0.3, -0.25) is 0 Å². The van der Waals surface area contributed by atoms with E-state index in [1.54, 1.807) is 0 Å². The maximum atomic E-state index is 11.6. The van der Waals surface area contributed by atoms with Crippen molar-refractivity contribution in [2.45, 2.75) is 3.92 Å². The molecule has 0 aromatic heterocycles. The van der Waals surface area contributed by atoms with Crippen molar-refractivity contribution in [3.8, 4) is 0 Å². The van der Waals surface area contributed by atoms with Crippen LogP contribution in [0.15, 0.2) is 0 Å². The fourth-order valence-electron chi connectivity index (χ4n) is 0. The molecule has 0 bridgehead atoms. The van der Waals surface area contributed by atoms with Crippen molar-refractivity contribution in [3.05, 3.63) is 0 Å². The average molecular weight is 185 g/mol. The third-order valence-corrected chi connectivity index (χ3v) is 2.50. The van der Waals surface area contributed by atoms with Gasteiger partial charge in [0.05, 0.1) is 0 Å². The van der Waals surface area contributed by atoms with E-state index in [0.29, 0.717) is 0 Å². The Hall–Kier alpha value is 1.11. The van der Waals surface area contributed by atoms with Crippen molar-refractivity contribution >= 4 is 44.3 Å². The van der Waals surface area contributed by atoms with Crippen molar-refractivity contribution in [2.24, 2.45) is 0 Å². The van der Waals surface area contributed by atoms with Gasteiger partial charge in [-0.15, -0.1) is 0 Å². The topological polar surface area (TPSA) is 23.1 Å². The number of alkyl halides is 3. The second-order valence-electron chi connectivity index (χ2n) is 0.669. The van der Waals surface area contributed by atoms with Crippen LogP contribution in [0.2, 0.25) is 0 Å². The van der Waals surface area contributed by atoms with Gasteiger partial charge in [0.15, 0.2) is 10.7 Å². The van der Waals surface area contributed by atoms with E-state index in [4.69, 9.17) is 0 Å². The molecule has 1 unspecified atom stereocenters. The summed E-state index contributed by atoms with van der Waals surface area (Å²) in [6.45, 7) is 0. The van der Waals surface area contributed by atoms with Gasteiger partial charge < -0.3 is 4.55 Å². The quantitative estimate of drug-likeness (QED) is 0.452. The first-order valence-electron chi connectivity index (χ1n) is 1.09. The zero-order chi connectivity index (χ0) is 6.08. The van der Waals surface area contributed by atoms with E-state index >= 15 is 0 Å². The Bertz CT molecular complexity index is 60.4. The van der Waals surface area contributed by atoms with Crippen LogP contribution in [-0.4, -0.2) is 8.47 Å². The molecule has 0 aliphatic heterocycles. The predicted molar refractivity (Wildman–Crippen MR) is 29.5 cm³/mol. The van der Waals surface area contributed by atoms with Crippen molar-refractivity contribution in [2.75, 3.05) is 0 Å². The summed E-state index contributed by atoms with van der Waals surface area (Å²) in [6.07, 6.45) is 0. The smallest absolute Gasteiger partial charge is 0.436 e. The number of halogens is 4. The van der Waals surface area contributed by atoms with Gasteiger partial charge in [-0.1, -0.05) is 0 Å². The van der Waals surface area contributed by atoms with Gasteiger partial charge >= 0.3 is 3.92 Å². The molecule has 0 amide bonds. The van der Waals surface area contributed by atoms with Gasteiger partial charge in [0.1, 0.15) is 10.4 Å². The fraction of sp³-hybridized carbons (Fsp3) is 1.00. The first-order valence-corrected chi connectivity index (χ1v) is 3.82. The van der Waals surface area contributed by atoms with Gasteiger partial charge in [0.25, 0.3) is 0 Å². The summed E-state index contributed by atoms with van der Waals surface area (Å²) in [5, 5.41) is 0. The molecule has 0 spiro atoms. The molecule has 0 saturated carbocycles. The van der Waals surface area contributed by atoms with Crippen LogP contribution in [0.3, 0.4) is 0 Å². The molecule has 0 aliphatic carbocycles. The molecular weight excluding hydrogens is 185 g/mol. The van der Waals surface area contributed by atoms with E-state index in [2.05, 4.69) is 33.9 Å². The molecule has 0 rings (SSSR count). The summed E-state index contributed by atoms with van der Waals surface area (Å²) in [4.78, 5) is 0. The highest BCUT2D eigenvalue weighted by Crippen LogP contribution is 2.32. The second kappa shape index (κ2) is 2.60. The molecule has 0 saturated heterocycles. The van der Waals surface area contributed by atoms with Gasteiger partial charge in [0, 0.05) is 0 Å². The van der Waals surface area contributed by atoms with Gasteiger partial charge in [-0.25, -0.2) is 0 Å². The Kier molecular flexibility index (Phi) is 3.01. The SMILES string of the molecule is [O-][S+](Cl)C(F)(Cl)Cl. The Morgan fingerprint density at radius 1 is 1.57 bits per heavy atom. The minimum atomic E-state index is -2.82. The molecule has 0 N–H and O–H groups in total. The zero-order valence-corrected chi connectivity index (χ0v) is 5.91. The molecule has 1 nitrogen and oxygen atoms in total.